The molecule has 2 atom stereocenters. The zero-order chi connectivity index (χ0) is 13.4. The molecule has 0 bridgehead atoms. The summed E-state index contributed by atoms with van der Waals surface area (Å²) in [7, 11) is 0. The van der Waals surface area contributed by atoms with Gasteiger partial charge in [0.25, 0.3) is 5.91 Å². The van der Waals surface area contributed by atoms with Crippen LogP contribution in [0.5, 0.6) is 5.75 Å². The molecule has 1 aromatic carbocycles. The summed E-state index contributed by atoms with van der Waals surface area (Å²) in [6.45, 7) is 4.07. The highest BCUT2D eigenvalue weighted by molar-refractivity contribution is 5.81. The molecule has 18 heavy (non-hydrogen) atoms. The Labute approximate surface area is 108 Å². The van der Waals surface area contributed by atoms with E-state index in [1.807, 2.05) is 37.3 Å². The van der Waals surface area contributed by atoms with Gasteiger partial charge in [0.2, 0.25) is 0 Å². The van der Waals surface area contributed by atoms with E-state index < -0.39 is 12.2 Å². The van der Waals surface area contributed by atoms with Crippen LogP contribution in [0, 0.1) is 0 Å². The Balaban J connectivity index is 2.43. The number of para-hydroxylation sites is 1. The summed E-state index contributed by atoms with van der Waals surface area (Å²) >= 11 is 0. The van der Waals surface area contributed by atoms with Gasteiger partial charge in [0.1, 0.15) is 5.75 Å². The highest BCUT2D eigenvalue weighted by Crippen LogP contribution is 2.12. The molecule has 0 radical (unpaired) electrons. The minimum atomic E-state index is -0.485. The Morgan fingerprint density at radius 1 is 1.39 bits per heavy atom. The first-order valence-corrected chi connectivity index (χ1v) is 6.31. The molecule has 1 rings (SSSR count). The molecular formula is C14H21NO3. The monoisotopic (exact) mass is 251 g/mol. The number of hydrogen-bond acceptors (Lipinski definition) is 3. The molecule has 0 aromatic heterocycles. The van der Waals surface area contributed by atoms with Gasteiger partial charge in [0, 0.05) is 6.54 Å². The van der Waals surface area contributed by atoms with Gasteiger partial charge in [-0.05, 0) is 31.9 Å². The quantitative estimate of drug-likeness (QED) is 0.776. The third-order valence-corrected chi connectivity index (χ3v) is 2.55. The van der Waals surface area contributed by atoms with Crippen LogP contribution in [-0.4, -0.2) is 29.8 Å². The van der Waals surface area contributed by atoms with E-state index in [9.17, 15) is 4.79 Å². The molecule has 1 aromatic rings. The molecule has 2 N–H and O–H groups in total. The first-order valence-electron chi connectivity index (χ1n) is 6.31. The maximum atomic E-state index is 11.8. The van der Waals surface area contributed by atoms with Crippen LogP contribution in [0.25, 0.3) is 0 Å². The summed E-state index contributed by atoms with van der Waals surface area (Å²) in [5.74, 6) is 0.553. The maximum absolute atomic E-state index is 11.8. The van der Waals surface area contributed by atoms with Gasteiger partial charge in [0.15, 0.2) is 6.10 Å². The summed E-state index contributed by atoms with van der Waals surface area (Å²) in [5, 5.41) is 11.9. The van der Waals surface area contributed by atoms with Crippen molar-refractivity contribution >= 4 is 5.91 Å². The smallest absolute Gasteiger partial charge is 0.261 e. The Kier molecular flexibility index (Phi) is 6.22. The van der Waals surface area contributed by atoms with Crippen LogP contribution in [0.1, 0.15) is 26.7 Å². The normalized spacial score (nSPS) is 13.7. The second kappa shape index (κ2) is 7.71. The molecular weight excluding hydrogens is 230 g/mol. The lowest BCUT2D eigenvalue weighted by Gasteiger charge is -2.17. The number of benzene rings is 1. The van der Waals surface area contributed by atoms with Gasteiger partial charge in [-0.1, -0.05) is 25.1 Å². The van der Waals surface area contributed by atoms with Crippen molar-refractivity contribution in [2.45, 2.75) is 38.9 Å². The predicted molar refractivity (Wildman–Crippen MR) is 70.5 cm³/mol. The van der Waals surface area contributed by atoms with Crippen molar-refractivity contribution < 1.29 is 14.6 Å². The summed E-state index contributed by atoms with van der Waals surface area (Å²) in [6, 6.07) is 9.29. The molecule has 0 fully saturated rings. The number of rotatable bonds is 7. The number of nitrogens with one attached hydrogen (secondary N) is 1. The van der Waals surface area contributed by atoms with Gasteiger partial charge in [0.05, 0.1) is 6.10 Å². The first kappa shape index (κ1) is 14.5. The van der Waals surface area contributed by atoms with E-state index >= 15 is 0 Å². The van der Waals surface area contributed by atoms with Crippen molar-refractivity contribution in [3.63, 3.8) is 0 Å². The van der Waals surface area contributed by atoms with Crippen LogP contribution in [0.2, 0.25) is 0 Å². The highest BCUT2D eigenvalue weighted by atomic mass is 16.5. The molecule has 0 heterocycles. The molecule has 0 aliphatic carbocycles. The zero-order valence-electron chi connectivity index (χ0n) is 10.9. The Morgan fingerprint density at radius 2 is 2.06 bits per heavy atom. The fraction of sp³-hybridized carbons (Fsp3) is 0.500. The summed E-state index contributed by atoms with van der Waals surface area (Å²) in [5.41, 5.74) is 0. The minimum Gasteiger partial charge on any atom is -0.481 e. The summed E-state index contributed by atoms with van der Waals surface area (Å²) in [4.78, 5) is 11.8. The van der Waals surface area contributed by atoms with Crippen LogP contribution < -0.4 is 10.1 Å². The maximum Gasteiger partial charge on any atom is 0.261 e. The standard InChI is InChI=1S/C14H21NO3/c1-3-13(14(17)15-10-9-11(2)16)18-12-7-5-4-6-8-12/h4-8,11,13,16H,3,9-10H2,1-2H3,(H,15,17). The molecule has 0 saturated carbocycles. The molecule has 100 valence electrons. The number of carbonyl (C=O) groups is 1. The van der Waals surface area contributed by atoms with Crippen molar-refractivity contribution in [1.82, 2.24) is 5.32 Å². The number of carbonyl (C=O) groups excluding carboxylic acids is 1. The van der Waals surface area contributed by atoms with Crippen LogP contribution in [0.4, 0.5) is 0 Å². The Morgan fingerprint density at radius 3 is 2.61 bits per heavy atom. The minimum absolute atomic E-state index is 0.137. The van der Waals surface area contributed by atoms with E-state index in [1.54, 1.807) is 6.92 Å². The fourth-order valence-corrected chi connectivity index (χ4v) is 1.50. The van der Waals surface area contributed by atoms with E-state index in [2.05, 4.69) is 5.32 Å². The number of amides is 1. The van der Waals surface area contributed by atoms with E-state index in [0.717, 1.165) is 0 Å². The molecule has 0 aliphatic heterocycles. The summed E-state index contributed by atoms with van der Waals surface area (Å²) < 4.78 is 5.61. The predicted octanol–water partition coefficient (Wildman–Crippen LogP) is 1.73. The molecule has 0 aliphatic rings. The van der Waals surface area contributed by atoms with Crippen molar-refractivity contribution in [1.29, 1.82) is 0 Å². The molecule has 4 nitrogen and oxygen atoms in total. The largest absolute Gasteiger partial charge is 0.481 e. The van der Waals surface area contributed by atoms with E-state index in [1.165, 1.54) is 0 Å². The number of aliphatic hydroxyl groups excluding tert-OH is 1. The lowest BCUT2D eigenvalue weighted by molar-refractivity contribution is -0.128. The lowest BCUT2D eigenvalue weighted by atomic mass is 10.2. The topological polar surface area (TPSA) is 58.6 Å². The third-order valence-electron chi connectivity index (χ3n) is 2.55. The first-order chi connectivity index (χ1) is 8.63. The average Bonchev–Trinajstić information content (AvgIpc) is 2.36. The van der Waals surface area contributed by atoms with E-state index in [0.29, 0.717) is 25.1 Å². The lowest BCUT2D eigenvalue weighted by Crippen LogP contribution is -2.39. The summed E-state index contributed by atoms with van der Waals surface area (Å²) in [6.07, 6.45) is 0.268. The molecule has 2 unspecified atom stereocenters. The zero-order valence-corrected chi connectivity index (χ0v) is 10.9. The molecule has 0 spiro atoms. The van der Waals surface area contributed by atoms with E-state index in [-0.39, 0.29) is 5.91 Å². The van der Waals surface area contributed by atoms with Crippen LogP contribution >= 0.6 is 0 Å². The second-order valence-electron chi connectivity index (χ2n) is 4.26. The van der Waals surface area contributed by atoms with Crippen molar-refractivity contribution in [3.8, 4) is 5.75 Å². The molecule has 4 heteroatoms. The third kappa shape index (κ3) is 5.19. The Hall–Kier alpha value is -1.55. The van der Waals surface area contributed by atoms with Gasteiger partial charge in [-0.25, -0.2) is 0 Å². The van der Waals surface area contributed by atoms with Gasteiger partial charge < -0.3 is 15.2 Å². The molecule has 0 saturated heterocycles. The Bertz CT molecular complexity index is 351. The van der Waals surface area contributed by atoms with Gasteiger partial charge in [-0.3, -0.25) is 4.79 Å². The van der Waals surface area contributed by atoms with Gasteiger partial charge >= 0.3 is 0 Å². The highest BCUT2D eigenvalue weighted by Gasteiger charge is 2.17. The number of hydrogen-bond donors (Lipinski definition) is 2. The van der Waals surface area contributed by atoms with Gasteiger partial charge in [-0.15, -0.1) is 0 Å². The average molecular weight is 251 g/mol. The van der Waals surface area contributed by atoms with Crippen molar-refractivity contribution in [2.75, 3.05) is 6.54 Å². The fourth-order valence-electron chi connectivity index (χ4n) is 1.50. The SMILES string of the molecule is CCC(Oc1ccccc1)C(=O)NCCC(C)O. The van der Waals surface area contributed by atoms with Crippen LogP contribution in [-0.2, 0) is 4.79 Å². The van der Waals surface area contributed by atoms with Crippen molar-refractivity contribution in [2.24, 2.45) is 0 Å². The number of ether oxygens (including phenoxy) is 1. The number of aliphatic hydroxyl groups is 1. The van der Waals surface area contributed by atoms with Crippen molar-refractivity contribution in [3.05, 3.63) is 30.3 Å². The van der Waals surface area contributed by atoms with Gasteiger partial charge in [-0.2, -0.15) is 0 Å². The van der Waals surface area contributed by atoms with E-state index in [4.69, 9.17) is 9.84 Å². The second-order valence-corrected chi connectivity index (χ2v) is 4.26. The van der Waals surface area contributed by atoms with Crippen LogP contribution in [0.3, 0.4) is 0 Å². The molecule has 1 amide bonds. The van der Waals surface area contributed by atoms with Crippen LogP contribution in [0.15, 0.2) is 30.3 Å².